The number of carbonyl (C=O) groups excluding carboxylic acids is 4. The third kappa shape index (κ3) is 4.38. The first kappa shape index (κ1) is 31.1. The lowest BCUT2D eigenvalue weighted by atomic mass is 9.49. The molecule has 2 aliphatic heterocycles. The lowest BCUT2D eigenvalue weighted by Crippen LogP contribution is -2.53. The predicted octanol–water partition coefficient (Wildman–Crippen LogP) is 5.33. The maximum atomic E-state index is 15.2. The van der Waals surface area contributed by atoms with Crippen LogP contribution >= 0.6 is 23.2 Å². The number of benzene rings is 3. The number of anilines is 1. The summed E-state index contributed by atoms with van der Waals surface area (Å²) >= 11 is 12.6. The normalized spacial score (nSPS) is 28.1. The van der Waals surface area contributed by atoms with Gasteiger partial charge in [-0.1, -0.05) is 59.1 Å². The second-order valence-electron chi connectivity index (χ2n) is 12.3. The van der Waals surface area contributed by atoms with E-state index in [-0.39, 0.29) is 46.9 Å². The first-order chi connectivity index (χ1) is 22.5. The van der Waals surface area contributed by atoms with Crippen LogP contribution in [0.3, 0.4) is 0 Å². The number of nitrogens with one attached hydrogen (secondary N) is 1. The Morgan fingerprint density at radius 3 is 2.34 bits per heavy atom. The number of ether oxygens (including phenoxy) is 2. The van der Waals surface area contributed by atoms with E-state index in [1.807, 2.05) is 6.08 Å². The fraction of sp³-hybridized carbons (Fsp3) is 0.314. The van der Waals surface area contributed by atoms with Crippen molar-refractivity contribution in [3.05, 3.63) is 93.5 Å². The highest BCUT2D eigenvalue weighted by Gasteiger charge is 2.70. The minimum absolute atomic E-state index is 0.115. The van der Waals surface area contributed by atoms with Gasteiger partial charge in [0.25, 0.3) is 11.8 Å². The SMILES string of the molecule is COc1ccc([C@@]23C(=O)N(Nc4ccc(Cl)cc4Cl)C(=O)[C@@H]2C[C@@H]2C(=CC[C@@H]4C(=O)N(C)C(=O)[C@@H]42)[C@@H]3c2cccc(OC)c2O)cc1. The largest absolute Gasteiger partial charge is 0.504 e. The fourth-order valence-electron chi connectivity index (χ4n) is 8.28. The maximum Gasteiger partial charge on any atom is 0.260 e. The number of phenols is 1. The number of amides is 4. The topological polar surface area (TPSA) is 125 Å². The van der Waals surface area contributed by atoms with Gasteiger partial charge in [0, 0.05) is 23.6 Å². The number of aromatic hydroxyl groups is 1. The summed E-state index contributed by atoms with van der Waals surface area (Å²) in [5.41, 5.74) is 3.24. The van der Waals surface area contributed by atoms with E-state index in [1.165, 1.54) is 27.3 Å². The molecule has 3 aromatic rings. The summed E-state index contributed by atoms with van der Waals surface area (Å²) in [6, 6.07) is 16.6. The van der Waals surface area contributed by atoms with Crippen molar-refractivity contribution in [2.45, 2.75) is 24.2 Å². The van der Waals surface area contributed by atoms with Gasteiger partial charge in [-0.25, -0.2) is 0 Å². The molecule has 47 heavy (non-hydrogen) atoms. The lowest BCUT2D eigenvalue weighted by molar-refractivity contribution is -0.140. The first-order valence-corrected chi connectivity index (χ1v) is 15.9. The molecule has 7 rings (SSSR count). The predicted molar refractivity (Wildman–Crippen MR) is 173 cm³/mol. The van der Waals surface area contributed by atoms with Crippen molar-refractivity contribution in [2.24, 2.45) is 23.7 Å². The highest BCUT2D eigenvalue weighted by atomic mass is 35.5. The van der Waals surface area contributed by atoms with Gasteiger partial charge in [-0.05, 0) is 60.7 Å². The summed E-state index contributed by atoms with van der Waals surface area (Å²) in [6.45, 7) is 0. The molecule has 3 aromatic carbocycles. The highest BCUT2D eigenvalue weighted by Crippen LogP contribution is 2.65. The number of likely N-dealkylation sites (tertiary alicyclic amines) is 1. The third-order valence-electron chi connectivity index (χ3n) is 10.4. The van der Waals surface area contributed by atoms with E-state index in [9.17, 15) is 19.5 Å². The fourth-order valence-corrected chi connectivity index (χ4v) is 8.73. The van der Waals surface area contributed by atoms with Gasteiger partial charge in [0.15, 0.2) is 11.5 Å². The van der Waals surface area contributed by atoms with Gasteiger partial charge in [0.2, 0.25) is 11.8 Å². The number of phenolic OH excluding ortho intramolecular Hbond substituents is 1. The van der Waals surface area contributed by atoms with Gasteiger partial charge in [-0.3, -0.25) is 29.5 Å². The molecular formula is C35H31Cl2N3O7. The summed E-state index contributed by atoms with van der Waals surface area (Å²) in [6.07, 6.45) is 2.32. The number of hydrazine groups is 1. The molecule has 0 unspecified atom stereocenters. The first-order valence-electron chi connectivity index (χ1n) is 15.2. The molecule has 0 bridgehead atoms. The molecule has 2 heterocycles. The molecule has 2 N–H and O–H groups in total. The quantitative estimate of drug-likeness (QED) is 0.265. The van der Waals surface area contributed by atoms with Crippen LogP contribution in [-0.2, 0) is 24.6 Å². The Hall–Kier alpha value is -4.54. The molecule has 242 valence electrons. The van der Waals surface area contributed by atoms with Crippen LogP contribution in [-0.4, -0.2) is 59.9 Å². The molecule has 2 aliphatic carbocycles. The molecule has 0 spiro atoms. The van der Waals surface area contributed by atoms with Crippen LogP contribution in [0.1, 0.15) is 29.9 Å². The average molecular weight is 677 g/mol. The highest BCUT2D eigenvalue weighted by molar-refractivity contribution is 6.36. The molecular weight excluding hydrogens is 645 g/mol. The standard InChI is InChI=1S/C35H31Cl2N3O7/c1-39-31(42)21-13-12-20-23(28(21)33(39)44)16-24-32(43)40(38-26-14-9-18(36)15-25(26)37)34(45)35(24,17-7-10-19(46-2)11-8-17)29(20)22-5-4-6-27(47-3)30(22)41/h4-12,14-15,21,23-24,28-29,38,41H,13,16H2,1-3H3/t21-,23+,24-,28-,29+,35+/m0/s1. The Morgan fingerprint density at radius 1 is 0.915 bits per heavy atom. The van der Waals surface area contributed by atoms with Crippen molar-refractivity contribution in [3.63, 3.8) is 0 Å². The number of nitrogens with zero attached hydrogens (tertiary/aromatic N) is 2. The summed E-state index contributed by atoms with van der Waals surface area (Å²) in [4.78, 5) is 57.8. The minimum Gasteiger partial charge on any atom is -0.504 e. The third-order valence-corrected chi connectivity index (χ3v) is 10.9. The van der Waals surface area contributed by atoms with Crippen molar-refractivity contribution in [1.29, 1.82) is 0 Å². The second-order valence-corrected chi connectivity index (χ2v) is 13.2. The monoisotopic (exact) mass is 675 g/mol. The molecule has 1 saturated carbocycles. The summed E-state index contributed by atoms with van der Waals surface area (Å²) in [7, 11) is 4.44. The maximum absolute atomic E-state index is 15.2. The van der Waals surface area contributed by atoms with Gasteiger partial charge in [0.1, 0.15) is 5.75 Å². The summed E-state index contributed by atoms with van der Waals surface area (Å²) < 4.78 is 10.9. The molecule has 3 fully saturated rings. The number of rotatable bonds is 6. The van der Waals surface area contributed by atoms with Gasteiger partial charge in [0.05, 0.1) is 48.1 Å². The average Bonchev–Trinajstić information content (AvgIpc) is 3.42. The van der Waals surface area contributed by atoms with E-state index in [4.69, 9.17) is 32.7 Å². The number of allylic oxidation sites excluding steroid dienone is 2. The molecule has 10 nitrogen and oxygen atoms in total. The Balaban J connectivity index is 1.50. The van der Waals surface area contributed by atoms with Crippen LogP contribution in [0.4, 0.5) is 5.69 Å². The van der Waals surface area contributed by atoms with Crippen molar-refractivity contribution in [3.8, 4) is 17.2 Å². The van der Waals surface area contributed by atoms with Crippen molar-refractivity contribution in [1.82, 2.24) is 9.91 Å². The number of para-hydroxylation sites is 1. The second kappa shape index (κ2) is 11.3. The minimum atomic E-state index is -1.59. The van der Waals surface area contributed by atoms with E-state index in [1.54, 1.807) is 54.6 Å². The van der Waals surface area contributed by atoms with Crippen molar-refractivity contribution in [2.75, 3.05) is 26.7 Å². The van der Waals surface area contributed by atoms with Gasteiger partial charge >= 0.3 is 0 Å². The number of fused-ring (bicyclic) bond motifs is 4. The van der Waals surface area contributed by atoms with Crippen LogP contribution in [0.5, 0.6) is 17.2 Å². The van der Waals surface area contributed by atoms with Gasteiger partial charge in [-0.2, -0.15) is 5.01 Å². The van der Waals surface area contributed by atoms with Gasteiger partial charge < -0.3 is 14.6 Å². The van der Waals surface area contributed by atoms with Crippen LogP contribution in [0.25, 0.3) is 0 Å². The smallest absolute Gasteiger partial charge is 0.260 e. The number of imide groups is 2. The van der Waals surface area contributed by atoms with Crippen LogP contribution in [0.2, 0.25) is 10.0 Å². The molecule has 0 aromatic heterocycles. The van der Waals surface area contributed by atoms with Crippen molar-refractivity contribution >= 4 is 52.5 Å². The number of hydrogen-bond donors (Lipinski definition) is 2. The van der Waals surface area contributed by atoms with E-state index >= 15 is 4.79 Å². The molecule has 2 saturated heterocycles. The van der Waals surface area contributed by atoms with E-state index in [0.717, 1.165) is 9.91 Å². The molecule has 12 heteroatoms. The number of hydrogen-bond acceptors (Lipinski definition) is 8. The van der Waals surface area contributed by atoms with E-state index < -0.39 is 46.8 Å². The Labute approximate surface area is 280 Å². The van der Waals surface area contributed by atoms with Crippen molar-refractivity contribution < 1.29 is 33.8 Å². The van der Waals surface area contributed by atoms with Crippen LogP contribution in [0.15, 0.2) is 72.3 Å². The van der Waals surface area contributed by atoms with Crippen LogP contribution < -0.4 is 14.9 Å². The van der Waals surface area contributed by atoms with Crippen LogP contribution in [0, 0.1) is 23.7 Å². The zero-order valence-electron chi connectivity index (χ0n) is 25.7. The Bertz CT molecular complexity index is 1880. The Kier molecular flexibility index (Phi) is 7.48. The van der Waals surface area contributed by atoms with E-state index in [0.29, 0.717) is 27.5 Å². The Morgan fingerprint density at radius 2 is 1.66 bits per heavy atom. The summed E-state index contributed by atoms with van der Waals surface area (Å²) in [5.74, 6) is -4.92. The number of methoxy groups -OCH3 is 2. The zero-order chi connectivity index (χ0) is 33.4. The van der Waals surface area contributed by atoms with E-state index in [2.05, 4.69) is 5.43 Å². The summed E-state index contributed by atoms with van der Waals surface area (Å²) in [5, 5.41) is 13.2. The molecule has 4 aliphatic rings. The number of halogens is 2. The molecule has 6 atom stereocenters. The van der Waals surface area contributed by atoms with Gasteiger partial charge in [-0.15, -0.1) is 0 Å². The lowest BCUT2D eigenvalue weighted by Gasteiger charge is -2.50. The molecule has 4 amide bonds. The molecule has 0 radical (unpaired) electrons. The number of carbonyl (C=O) groups is 4. The zero-order valence-corrected chi connectivity index (χ0v) is 27.2.